The van der Waals surface area contributed by atoms with Crippen LogP contribution in [0.2, 0.25) is 0 Å². The standard InChI is InChI=1S/C13H15N3O3.C2HF3O2/c1-2-18-13(17)12-16-15-11(19-12)10(14)8-9-6-4-3-5-7-9;3-2(4,5)1(6)7/h3-7,10H,2,8,14H2,1H3;(H,6,7)/t10-;/m0./s1. The molecule has 0 bridgehead atoms. The van der Waals surface area contributed by atoms with Gasteiger partial charge in [0.2, 0.25) is 5.89 Å². The minimum absolute atomic E-state index is 0.166. The molecule has 1 aromatic carbocycles. The molecule has 2 rings (SSSR count). The Labute approximate surface area is 145 Å². The van der Waals surface area contributed by atoms with E-state index < -0.39 is 24.2 Å². The van der Waals surface area contributed by atoms with Crippen molar-refractivity contribution in [3.05, 3.63) is 47.7 Å². The maximum atomic E-state index is 11.4. The molecule has 26 heavy (non-hydrogen) atoms. The monoisotopic (exact) mass is 375 g/mol. The number of benzene rings is 1. The number of nitrogens with zero attached hydrogens (tertiary/aromatic N) is 2. The minimum Gasteiger partial charge on any atom is -0.475 e. The largest absolute Gasteiger partial charge is 0.490 e. The van der Waals surface area contributed by atoms with Gasteiger partial charge in [0.25, 0.3) is 0 Å². The van der Waals surface area contributed by atoms with Crippen LogP contribution in [0, 0.1) is 0 Å². The summed E-state index contributed by atoms with van der Waals surface area (Å²) in [7, 11) is 0. The molecule has 142 valence electrons. The minimum atomic E-state index is -5.08. The molecule has 0 amide bonds. The third-order valence-corrected chi connectivity index (χ3v) is 2.75. The highest BCUT2D eigenvalue weighted by molar-refractivity contribution is 5.83. The number of carbonyl (C=O) groups excluding carboxylic acids is 1. The molecular weight excluding hydrogens is 359 g/mol. The highest BCUT2D eigenvalue weighted by Crippen LogP contribution is 2.15. The molecule has 1 atom stereocenters. The Kier molecular flexibility index (Phi) is 7.72. The fourth-order valence-corrected chi connectivity index (χ4v) is 1.62. The van der Waals surface area contributed by atoms with Crippen molar-refractivity contribution in [1.82, 2.24) is 10.2 Å². The second-order valence-electron chi connectivity index (χ2n) is 4.77. The molecule has 1 heterocycles. The van der Waals surface area contributed by atoms with Crippen LogP contribution in [0.1, 0.15) is 35.1 Å². The van der Waals surface area contributed by atoms with E-state index in [1.54, 1.807) is 6.92 Å². The summed E-state index contributed by atoms with van der Waals surface area (Å²) in [6.45, 7) is 1.96. The second-order valence-corrected chi connectivity index (χ2v) is 4.77. The first kappa shape index (κ1) is 21.1. The lowest BCUT2D eigenvalue weighted by atomic mass is 10.1. The van der Waals surface area contributed by atoms with Crippen LogP contribution in [0.15, 0.2) is 34.7 Å². The van der Waals surface area contributed by atoms with Crippen LogP contribution in [-0.2, 0) is 16.0 Å². The Morgan fingerprint density at radius 1 is 1.27 bits per heavy atom. The molecule has 0 fully saturated rings. The second kappa shape index (κ2) is 9.51. The van der Waals surface area contributed by atoms with Crippen molar-refractivity contribution in [2.45, 2.75) is 25.6 Å². The Morgan fingerprint density at radius 2 is 1.85 bits per heavy atom. The maximum Gasteiger partial charge on any atom is 0.490 e. The van der Waals surface area contributed by atoms with Crippen LogP contribution in [0.3, 0.4) is 0 Å². The molecule has 11 heteroatoms. The first-order valence-corrected chi connectivity index (χ1v) is 7.25. The molecule has 2 aromatic rings. The van der Waals surface area contributed by atoms with Crippen LogP contribution in [-0.4, -0.2) is 40.0 Å². The molecule has 0 aliphatic heterocycles. The summed E-state index contributed by atoms with van der Waals surface area (Å²) < 4.78 is 41.7. The Balaban J connectivity index is 0.000000412. The van der Waals surface area contributed by atoms with Crippen molar-refractivity contribution in [3.8, 4) is 0 Å². The van der Waals surface area contributed by atoms with E-state index in [-0.39, 0.29) is 18.4 Å². The first-order chi connectivity index (χ1) is 12.1. The third-order valence-electron chi connectivity index (χ3n) is 2.75. The van der Waals surface area contributed by atoms with E-state index in [1.807, 2.05) is 30.3 Å². The number of aromatic nitrogens is 2. The zero-order valence-corrected chi connectivity index (χ0v) is 13.6. The predicted octanol–water partition coefficient (Wildman–Crippen LogP) is 2.12. The summed E-state index contributed by atoms with van der Waals surface area (Å²) in [5.74, 6) is -3.33. The number of rotatable bonds is 5. The van der Waals surface area contributed by atoms with E-state index >= 15 is 0 Å². The van der Waals surface area contributed by atoms with Crippen LogP contribution in [0.5, 0.6) is 0 Å². The van der Waals surface area contributed by atoms with Gasteiger partial charge < -0.3 is 20.0 Å². The smallest absolute Gasteiger partial charge is 0.475 e. The Morgan fingerprint density at radius 3 is 2.35 bits per heavy atom. The number of hydrogen-bond acceptors (Lipinski definition) is 7. The number of carboxylic acids is 1. The first-order valence-electron chi connectivity index (χ1n) is 7.25. The third kappa shape index (κ3) is 6.89. The van der Waals surface area contributed by atoms with E-state index in [9.17, 15) is 18.0 Å². The SMILES string of the molecule is CCOC(=O)c1nnc([C@@H](N)Cc2ccccc2)o1.O=C(O)C(F)(F)F. The van der Waals surface area contributed by atoms with Crippen molar-refractivity contribution in [2.24, 2.45) is 5.73 Å². The van der Waals surface area contributed by atoms with Crippen molar-refractivity contribution >= 4 is 11.9 Å². The van der Waals surface area contributed by atoms with E-state index in [0.717, 1.165) is 5.56 Å². The molecule has 0 aliphatic rings. The molecular formula is C15H16F3N3O5. The van der Waals surface area contributed by atoms with Gasteiger partial charge in [-0.1, -0.05) is 30.3 Å². The molecule has 0 unspecified atom stereocenters. The molecule has 3 N–H and O–H groups in total. The highest BCUT2D eigenvalue weighted by atomic mass is 19.4. The fourth-order valence-electron chi connectivity index (χ4n) is 1.62. The fraction of sp³-hybridized carbons (Fsp3) is 0.333. The van der Waals surface area contributed by atoms with Crippen LogP contribution in [0.4, 0.5) is 13.2 Å². The van der Waals surface area contributed by atoms with Gasteiger partial charge in [0, 0.05) is 0 Å². The van der Waals surface area contributed by atoms with Crippen molar-refractivity contribution in [3.63, 3.8) is 0 Å². The predicted molar refractivity (Wildman–Crippen MR) is 81.0 cm³/mol. The van der Waals surface area contributed by atoms with E-state index in [0.29, 0.717) is 6.42 Å². The van der Waals surface area contributed by atoms with Crippen LogP contribution in [0.25, 0.3) is 0 Å². The molecule has 0 saturated carbocycles. The van der Waals surface area contributed by atoms with Gasteiger partial charge >= 0.3 is 24.0 Å². The summed E-state index contributed by atoms with van der Waals surface area (Å²) in [6, 6.07) is 9.27. The number of halogens is 3. The summed E-state index contributed by atoms with van der Waals surface area (Å²) >= 11 is 0. The van der Waals surface area contributed by atoms with Gasteiger partial charge in [-0.2, -0.15) is 13.2 Å². The molecule has 8 nitrogen and oxygen atoms in total. The lowest BCUT2D eigenvalue weighted by Crippen LogP contribution is -2.21. The molecule has 0 spiro atoms. The number of carboxylic acid groups (broad SMARTS) is 1. The van der Waals surface area contributed by atoms with E-state index in [2.05, 4.69) is 10.2 Å². The Bertz CT molecular complexity index is 719. The highest BCUT2D eigenvalue weighted by Gasteiger charge is 2.38. The average Bonchev–Trinajstić information content (AvgIpc) is 3.06. The van der Waals surface area contributed by atoms with Crippen molar-refractivity contribution < 1.29 is 37.0 Å². The quantitative estimate of drug-likeness (QED) is 0.761. The Hall–Kier alpha value is -2.95. The molecule has 0 aliphatic carbocycles. The topological polar surface area (TPSA) is 129 Å². The van der Waals surface area contributed by atoms with Crippen molar-refractivity contribution in [1.29, 1.82) is 0 Å². The summed E-state index contributed by atoms with van der Waals surface area (Å²) in [4.78, 5) is 20.3. The van der Waals surface area contributed by atoms with Gasteiger partial charge in [-0.3, -0.25) is 0 Å². The van der Waals surface area contributed by atoms with E-state index in [1.165, 1.54) is 0 Å². The molecule has 0 radical (unpaired) electrons. The van der Waals surface area contributed by atoms with Gasteiger partial charge in [-0.25, -0.2) is 9.59 Å². The zero-order valence-electron chi connectivity index (χ0n) is 13.6. The normalized spacial score (nSPS) is 11.9. The summed E-state index contributed by atoms with van der Waals surface area (Å²) in [6.07, 6.45) is -4.52. The van der Waals surface area contributed by atoms with Crippen LogP contribution >= 0.6 is 0 Å². The number of carbonyl (C=O) groups is 2. The zero-order chi connectivity index (χ0) is 19.7. The number of esters is 1. The summed E-state index contributed by atoms with van der Waals surface area (Å²) in [5, 5.41) is 14.5. The van der Waals surface area contributed by atoms with E-state index in [4.69, 9.17) is 24.8 Å². The van der Waals surface area contributed by atoms with Gasteiger partial charge in [-0.05, 0) is 18.9 Å². The van der Waals surface area contributed by atoms with Gasteiger partial charge in [0.1, 0.15) is 0 Å². The number of alkyl halides is 3. The van der Waals surface area contributed by atoms with Gasteiger partial charge in [-0.15, -0.1) is 10.2 Å². The number of ether oxygens (including phenoxy) is 1. The number of hydrogen-bond donors (Lipinski definition) is 2. The lowest BCUT2D eigenvalue weighted by molar-refractivity contribution is -0.192. The average molecular weight is 375 g/mol. The summed E-state index contributed by atoms with van der Waals surface area (Å²) in [5.41, 5.74) is 7.03. The number of aliphatic carboxylic acids is 1. The lowest BCUT2D eigenvalue weighted by Gasteiger charge is -2.06. The molecule has 0 saturated heterocycles. The maximum absolute atomic E-state index is 11.4. The molecule has 1 aromatic heterocycles. The van der Waals surface area contributed by atoms with Gasteiger partial charge in [0.05, 0.1) is 12.6 Å². The van der Waals surface area contributed by atoms with Gasteiger partial charge in [0.15, 0.2) is 0 Å². The number of nitrogens with two attached hydrogens (primary N) is 1. The van der Waals surface area contributed by atoms with Crippen LogP contribution < -0.4 is 5.73 Å². The van der Waals surface area contributed by atoms with Crippen molar-refractivity contribution in [2.75, 3.05) is 6.61 Å².